The van der Waals surface area contributed by atoms with Gasteiger partial charge in [0.05, 0.1) is 0 Å². The van der Waals surface area contributed by atoms with E-state index in [-0.39, 0.29) is 17.6 Å². The molecule has 0 radical (unpaired) electrons. The minimum absolute atomic E-state index is 0.0148. The van der Waals surface area contributed by atoms with Gasteiger partial charge in [-0.25, -0.2) is 4.79 Å². The number of likely N-dealkylation sites (tertiary alicyclic amines) is 1. The minimum Gasteiger partial charge on any atom is -0.459 e. The lowest BCUT2D eigenvalue weighted by molar-refractivity contribution is -0.157. The number of carbonyl (C=O) groups excluding carboxylic acids is 1. The summed E-state index contributed by atoms with van der Waals surface area (Å²) in [6, 6.07) is 0.422. The second-order valence-corrected chi connectivity index (χ2v) is 9.01. The Morgan fingerprint density at radius 2 is 1.62 bits per heavy atom. The fraction of sp³-hybridized carbons (Fsp3) is 0.870. The normalized spacial score (nSPS) is 25.8. The number of unbranched alkanes of at least 4 members (excludes halogenated alkanes) is 7. The Morgan fingerprint density at radius 1 is 1.08 bits per heavy atom. The van der Waals surface area contributed by atoms with Crippen LogP contribution in [-0.4, -0.2) is 35.1 Å². The van der Waals surface area contributed by atoms with Crippen molar-refractivity contribution in [2.75, 3.05) is 6.54 Å². The van der Waals surface area contributed by atoms with Gasteiger partial charge in [-0.05, 0) is 40.7 Å². The van der Waals surface area contributed by atoms with Crippen LogP contribution in [0.4, 0.5) is 0 Å². The molecule has 152 valence electrons. The second-order valence-electron chi connectivity index (χ2n) is 9.01. The first kappa shape index (κ1) is 23.2. The number of piperidine rings is 1. The molecule has 26 heavy (non-hydrogen) atoms. The van der Waals surface area contributed by atoms with Crippen LogP contribution < -0.4 is 0 Å². The lowest BCUT2D eigenvalue weighted by Crippen LogP contribution is -2.60. The third-order valence-corrected chi connectivity index (χ3v) is 6.18. The third-order valence-electron chi connectivity index (χ3n) is 6.18. The van der Waals surface area contributed by atoms with Gasteiger partial charge in [-0.1, -0.05) is 65.4 Å². The van der Waals surface area contributed by atoms with Crippen LogP contribution >= 0.6 is 0 Å². The Labute approximate surface area is 162 Å². The highest BCUT2D eigenvalue weighted by Gasteiger charge is 2.44. The maximum atomic E-state index is 12.0. The Morgan fingerprint density at radius 3 is 2.15 bits per heavy atom. The molecule has 1 aliphatic heterocycles. The Hall–Kier alpha value is -0.830. The molecule has 1 aliphatic rings. The number of esters is 1. The highest BCUT2D eigenvalue weighted by molar-refractivity contribution is 5.87. The standard InChI is InChI=1S/C23H43NO2/c1-8-9-10-11-12-13-14-15-16-24-20(5)19(4)21(17-23(24,6)7)26-22(25)18(2)3/h19-21H,2,8-17H2,1,3-7H3. The Bertz CT molecular complexity index is 443. The van der Waals surface area contributed by atoms with E-state index in [9.17, 15) is 4.79 Å². The van der Waals surface area contributed by atoms with Crippen molar-refractivity contribution < 1.29 is 9.53 Å². The molecule has 0 aromatic carbocycles. The highest BCUT2D eigenvalue weighted by atomic mass is 16.5. The molecule has 3 unspecified atom stereocenters. The number of hydrogen-bond donors (Lipinski definition) is 0. The van der Waals surface area contributed by atoms with E-state index in [2.05, 4.69) is 46.1 Å². The van der Waals surface area contributed by atoms with Crippen LogP contribution in [0.15, 0.2) is 12.2 Å². The van der Waals surface area contributed by atoms with Crippen molar-refractivity contribution in [3.8, 4) is 0 Å². The summed E-state index contributed by atoms with van der Waals surface area (Å²) in [5.41, 5.74) is 0.552. The van der Waals surface area contributed by atoms with Gasteiger partial charge in [0.2, 0.25) is 0 Å². The van der Waals surface area contributed by atoms with Crippen molar-refractivity contribution in [1.82, 2.24) is 4.90 Å². The molecule has 1 fully saturated rings. The zero-order valence-electron chi connectivity index (χ0n) is 18.3. The molecule has 3 atom stereocenters. The summed E-state index contributed by atoms with van der Waals surface area (Å²) >= 11 is 0. The first-order valence-electron chi connectivity index (χ1n) is 10.8. The van der Waals surface area contributed by atoms with Gasteiger partial charge in [0, 0.05) is 29.5 Å². The molecule has 1 saturated heterocycles. The van der Waals surface area contributed by atoms with Crippen molar-refractivity contribution >= 4 is 5.97 Å². The number of ether oxygens (including phenoxy) is 1. The summed E-state index contributed by atoms with van der Waals surface area (Å²) in [5.74, 6) is 0.0988. The predicted molar refractivity (Wildman–Crippen MR) is 111 cm³/mol. The average Bonchev–Trinajstić information content (AvgIpc) is 2.57. The van der Waals surface area contributed by atoms with Crippen LogP contribution in [0.1, 0.15) is 99.3 Å². The zero-order chi connectivity index (χ0) is 19.7. The summed E-state index contributed by atoms with van der Waals surface area (Å²) in [7, 11) is 0. The molecule has 1 rings (SSSR count). The smallest absolute Gasteiger partial charge is 0.333 e. The van der Waals surface area contributed by atoms with Crippen LogP contribution in [-0.2, 0) is 9.53 Å². The van der Waals surface area contributed by atoms with Crippen LogP contribution in [0, 0.1) is 5.92 Å². The average molecular weight is 366 g/mol. The number of hydrogen-bond acceptors (Lipinski definition) is 3. The number of nitrogens with zero attached hydrogens (tertiary/aromatic N) is 1. The van der Waals surface area contributed by atoms with Crippen molar-refractivity contribution in [3.63, 3.8) is 0 Å². The van der Waals surface area contributed by atoms with Gasteiger partial charge >= 0.3 is 5.97 Å². The summed E-state index contributed by atoms with van der Waals surface area (Å²) in [4.78, 5) is 14.6. The van der Waals surface area contributed by atoms with Crippen molar-refractivity contribution in [3.05, 3.63) is 12.2 Å². The van der Waals surface area contributed by atoms with Gasteiger partial charge in [0.15, 0.2) is 0 Å². The first-order valence-corrected chi connectivity index (χ1v) is 10.8. The largest absolute Gasteiger partial charge is 0.459 e. The molecule has 0 saturated carbocycles. The molecule has 0 aromatic rings. The van der Waals surface area contributed by atoms with Gasteiger partial charge in [0.25, 0.3) is 0 Å². The van der Waals surface area contributed by atoms with E-state index in [1.54, 1.807) is 6.92 Å². The lowest BCUT2D eigenvalue weighted by Gasteiger charge is -2.52. The minimum atomic E-state index is -0.249. The fourth-order valence-electron chi connectivity index (χ4n) is 4.25. The SMILES string of the molecule is C=C(C)C(=O)OC1CC(C)(C)N(CCCCCCCCCC)C(C)C1C. The van der Waals surface area contributed by atoms with Gasteiger partial charge in [-0.15, -0.1) is 0 Å². The molecule has 1 heterocycles. The second kappa shape index (κ2) is 11.1. The third kappa shape index (κ3) is 7.06. The van der Waals surface area contributed by atoms with Crippen molar-refractivity contribution in [1.29, 1.82) is 0 Å². The summed E-state index contributed by atoms with van der Waals surface area (Å²) < 4.78 is 5.74. The predicted octanol–water partition coefficient (Wildman–Crippen LogP) is 6.12. The molecule has 0 bridgehead atoms. The molecule has 0 N–H and O–H groups in total. The molecule has 0 amide bonds. The van der Waals surface area contributed by atoms with E-state index in [1.807, 2.05) is 0 Å². The molecule has 0 aromatic heterocycles. The van der Waals surface area contributed by atoms with E-state index >= 15 is 0 Å². The Balaban J connectivity index is 2.45. The van der Waals surface area contributed by atoms with E-state index in [0.717, 1.165) is 13.0 Å². The molecular formula is C23H43NO2. The van der Waals surface area contributed by atoms with E-state index < -0.39 is 0 Å². The van der Waals surface area contributed by atoms with Crippen molar-refractivity contribution in [2.45, 2.75) is 117 Å². The number of carbonyl (C=O) groups is 1. The van der Waals surface area contributed by atoms with Crippen LogP contribution in [0.5, 0.6) is 0 Å². The highest BCUT2D eigenvalue weighted by Crippen LogP contribution is 2.37. The van der Waals surface area contributed by atoms with Gasteiger partial charge in [-0.3, -0.25) is 4.90 Å². The zero-order valence-corrected chi connectivity index (χ0v) is 18.3. The number of rotatable bonds is 11. The molecule has 0 aliphatic carbocycles. The van der Waals surface area contributed by atoms with Gasteiger partial charge in [-0.2, -0.15) is 0 Å². The Kier molecular flexibility index (Phi) is 9.92. The first-order chi connectivity index (χ1) is 12.2. The maximum absolute atomic E-state index is 12.0. The molecular weight excluding hydrogens is 322 g/mol. The van der Waals surface area contributed by atoms with Crippen LogP contribution in [0.25, 0.3) is 0 Å². The van der Waals surface area contributed by atoms with Gasteiger partial charge in [0.1, 0.15) is 6.10 Å². The topological polar surface area (TPSA) is 29.5 Å². The van der Waals surface area contributed by atoms with Crippen molar-refractivity contribution in [2.24, 2.45) is 5.92 Å². The molecule has 0 spiro atoms. The van der Waals surface area contributed by atoms with Crippen LogP contribution in [0.2, 0.25) is 0 Å². The monoisotopic (exact) mass is 365 g/mol. The summed E-state index contributed by atoms with van der Waals surface area (Å²) in [5, 5.41) is 0. The summed E-state index contributed by atoms with van der Waals surface area (Å²) in [6.45, 7) is 17.9. The maximum Gasteiger partial charge on any atom is 0.333 e. The lowest BCUT2D eigenvalue weighted by atomic mass is 9.78. The van der Waals surface area contributed by atoms with E-state index in [4.69, 9.17) is 4.74 Å². The molecule has 3 heteroatoms. The quantitative estimate of drug-likeness (QED) is 0.251. The summed E-state index contributed by atoms with van der Waals surface area (Å²) in [6.07, 6.45) is 11.7. The molecule has 3 nitrogen and oxygen atoms in total. The van der Waals surface area contributed by atoms with Crippen LogP contribution in [0.3, 0.4) is 0 Å². The van der Waals surface area contributed by atoms with E-state index in [1.165, 1.54) is 51.4 Å². The van der Waals surface area contributed by atoms with Gasteiger partial charge < -0.3 is 4.74 Å². The fourth-order valence-corrected chi connectivity index (χ4v) is 4.25. The van der Waals surface area contributed by atoms with E-state index in [0.29, 0.717) is 17.5 Å².